The molecule has 2 atom stereocenters. The van der Waals surface area contributed by atoms with Crippen LogP contribution in [0.2, 0.25) is 0 Å². The van der Waals surface area contributed by atoms with E-state index in [2.05, 4.69) is 4.90 Å². The van der Waals surface area contributed by atoms with Crippen molar-refractivity contribution in [2.45, 2.75) is 46.7 Å². The van der Waals surface area contributed by atoms with E-state index in [0.29, 0.717) is 17.3 Å². The van der Waals surface area contributed by atoms with Crippen LogP contribution in [0.4, 0.5) is 4.39 Å². The van der Waals surface area contributed by atoms with Crippen molar-refractivity contribution in [2.75, 3.05) is 33.4 Å². The molecule has 108 valence electrons. The van der Waals surface area contributed by atoms with Gasteiger partial charge in [0, 0.05) is 44.0 Å². The fraction of sp³-hybridized carbons (Fsp3) is 1.00. The Bertz CT molecular complexity index is 231. The Balaban J connectivity index is 0.000000371. The molecular weight excluding hydrogens is 229 g/mol. The summed E-state index contributed by atoms with van der Waals surface area (Å²) in [5.41, 5.74) is 0.442. The summed E-state index contributed by atoms with van der Waals surface area (Å²) < 4.78 is 18.2. The lowest BCUT2D eigenvalue weighted by atomic mass is 10.1. The highest BCUT2D eigenvalue weighted by Gasteiger charge is 2.58. The van der Waals surface area contributed by atoms with E-state index in [4.69, 9.17) is 4.74 Å². The van der Waals surface area contributed by atoms with Crippen molar-refractivity contribution in [3.63, 3.8) is 0 Å². The van der Waals surface area contributed by atoms with Crippen molar-refractivity contribution >= 4 is 0 Å². The van der Waals surface area contributed by atoms with Gasteiger partial charge in [-0.3, -0.25) is 0 Å². The average molecular weight is 259 g/mol. The van der Waals surface area contributed by atoms with Crippen molar-refractivity contribution in [3.05, 3.63) is 0 Å². The number of nitrogens with zero attached hydrogens (tertiary/aromatic N) is 1. The molecule has 2 saturated carbocycles. The van der Waals surface area contributed by atoms with Crippen LogP contribution in [0.15, 0.2) is 0 Å². The third kappa shape index (κ3) is 3.45. The number of ether oxygens (including phenoxy) is 1. The number of piperidine rings is 1. The molecule has 2 nitrogen and oxygen atoms in total. The minimum Gasteiger partial charge on any atom is -0.384 e. The summed E-state index contributed by atoms with van der Waals surface area (Å²) in [5, 5.41) is 0. The maximum absolute atomic E-state index is 12.9. The van der Waals surface area contributed by atoms with E-state index in [-0.39, 0.29) is 0 Å². The molecule has 0 aromatic heterocycles. The molecule has 3 aliphatic rings. The summed E-state index contributed by atoms with van der Waals surface area (Å²) in [6.07, 6.45) is 2.13. The molecule has 3 fully saturated rings. The van der Waals surface area contributed by atoms with Crippen molar-refractivity contribution in [3.8, 4) is 0 Å². The number of halogens is 1. The van der Waals surface area contributed by atoms with Gasteiger partial charge in [0.2, 0.25) is 0 Å². The van der Waals surface area contributed by atoms with Gasteiger partial charge in [-0.15, -0.1) is 0 Å². The lowest BCUT2D eigenvalue weighted by molar-refractivity contribution is 0.109. The highest BCUT2D eigenvalue weighted by atomic mass is 19.1. The van der Waals surface area contributed by atoms with Gasteiger partial charge in [0.15, 0.2) is 0 Å². The van der Waals surface area contributed by atoms with Crippen LogP contribution >= 0.6 is 0 Å². The number of methoxy groups -OCH3 is 1. The fourth-order valence-corrected chi connectivity index (χ4v) is 2.98. The Kier molecular flexibility index (Phi) is 6.06. The first-order valence-electron chi connectivity index (χ1n) is 7.59. The van der Waals surface area contributed by atoms with Crippen LogP contribution in [0.25, 0.3) is 0 Å². The molecule has 3 rings (SSSR count). The molecule has 18 heavy (non-hydrogen) atoms. The largest absolute Gasteiger partial charge is 0.384 e. The minimum atomic E-state index is -0.469. The van der Waals surface area contributed by atoms with Gasteiger partial charge in [0.25, 0.3) is 0 Å². The van der Waals surface area contributed by atoms with Gasteiger partial charge in [0.1, 0.15) is 6.17 Å². The zero-order chi connectivity index (χ0) is 13.8. The second-order valence-corrected chi connectivity index (χ2v) is 5.40. The number of alkyl halides is 1. The zero-order valence-corrected chi connectivity index (χ0v) is 12.7. The van der Waals surface area contributed by atoms with Crippen LogP contribution in [-0.2, 0) is 4.74 Å². The predicted octanol–water partition coefficient (Wildman–Crippen LogP) is 3.37. The Labute approximate surface area is 112 Å². The monoisotopic (exact) mass is 259 g/mol. The maximum atomic E-state index is 12.9. The summed E-state index contributed by atoms with van der Waals surface area (Å²) in [5.74, 6) is 0.765. The van der Waals surface area contributed by atoms with E-state index in [9.17, 15) is 4.39 Å². The van der Waals surface area contributed by atoms with Gasteiger partial charge < -0.3 is 9.64 Å². The Morgan fingerprint density at radius 2 is 1.61 bits per heavy atom. The molecule has 2 aliphatic carbocycles. The molecule has 1 saturated heterocycles. The SMILES string of the molecule is CC.CC.COCC1(CN2CC3C(F)C3C2)CC1. The summed E-state index contributed by atoms with van der Waals surface area (Å²) >= 11 is 0. The van der Waals surface area contributed by atoms with Gasteiger partial charge in [-0.25, -0.2) is 4.39 Å². The van der Waals surface area contributed by atoms with Crippen molar-refractivity contribution in [1.82, 2.24) is 4.90 Å². The van der Waals surface area contributed by atoms with Crippen molar-refractivity contribution in [2.24, 2.45) is 17.3 Å². The molecule has 0 radical (unpaired) electrons. The van der Waals surface area contributed by atoms with Crippen molar-refractivity contribution < 1.29 is 9.13 Å². The molecule has 3 heteroatoms. The van der Waals surface area contributed by atoms with E-state index >= 15 is 0 Å². The van der Waals surface area contributed by atoms with Crippen LogP contribution in [0.5, 0.6) is 0 Å². The number of hydrogen-bond donors (Lipinski definition) is 0. The summed E-state index contributed by atoms with van der Waals surface area (Å²) in [6.45, 7) is 12.0. The van der Waals surface area contributed by atoms with Crippen LogP contribution in [0.3, 0.4) is 0 Å². The first-order valence-corrected chi connectivity index (χ1v) is 7.59. The molecule has 0 spiro atoms. The van der Waals surface area contributed by atoms with Crippen LogP contribution < -0.4 is 0 Å². The van der Waals surface area contributed by atoms with Gasteiger partial charge in [-0.2, -0.15) is 0 Å². The topological polar surface area (TPSA) is 12.5 Å². The van der Waals surface area contributed by atoms with Crippen molar-refractivity contribution in [1.29, 1.82) is 0 Å². The molecule has 0 aromatic carbocycles. The molecular formula is C15H30FNO. The number of hydrogen-bond acceptors (Lipinski definition) is 2. The van der Waals surface area contributed by atoms with E-state index < -0.39 is 6.17 Å². The highest BCUT2D eigenvalue weighted by Crippen LogP contribution is 2.52. The smallest absolute Gasteiger partial charge is 0.109 e. The van der Waals surface area contributed by atoms with Gasteiger partial charge in [-0.1, -0.05) is 27.7 Å². The first kappa shape index (κ1) is 15.9. The minimum absolute atomic E-state index is 0.383. The van der Waals surface area contributed by atoms with E-state index in [1.54, 1.807) is 7.11 Å². The highest BCUT2D eigenvalue weighted by molar-refractivity contribution is 5.08. The predicted molar refractivity (Wildman–Crippen MR) is 74.6 cm³/mol. The molecule has 0 aromatic rings. The third-order valence-corrected chi connectivity index (χ3v) is 4.13. The van der Waals surface area contributed by atoms with Crippen LogP contribution in [0.1, 0.15) is 40.5 Å². The van der Waals surface area contributed by atoms with E-state index in [1.807, 2.05) is 27.7 Å². The summed E-state index contributed by atoms with van der Waals surface area (Å²) in [6, 6.07) is 0. The first-order chi connectivity index (χ1) is 8.74. The average Bonchev–Trinajstić information content (AvgIpc) is 3.23. The molecule has 2 unspecified atom stereocenters. The summed E-state index contributed by atoms with van der Waals surface area (Å²) in [4.78, 5) is 2.44. The standard InChI is InChI=1S/C11H18FNO.2C2H6/c1-14-7-11(2-3-11)6-13-4-8-9(5-13)10(8)12;2*1-2/h8-10H,2-7H2,1H3;2*1-2H3. The van der Waals surface area contributed by atoms with Gasteiger partial charge >= 0.3 is 0 Å². The number of fused-ring (bicyclic) bond motifs is 1. The molecule has 0 bridgehead atoms. The Morgan fingerprint density at radius 3 is 2.00 bits per heavy atom. The van der Waals surface area contributed by atoms with E-state index in [0.717, 1.165) is 26.2 Å². The van der Waals surface area contributed by atoms with E-state index in [1.165, 1.54) is 12.8 Å². The van der Waals surface area contributed by atoms with Crippen LogP contribution in [-0.4, -0.2) is 44.4 Å². The zero-order valence-electron chi connectivity index (χ0n) is 12.7. The Hall–Kier alpha value is -0.150. The lowest BCUT2D eigenvalue weighted by Gasteiger charge is -2.24. The normalized spacial score (nSPS) is 34.7. The van der Waals surface area contributed by atoms with Crippen LogP contribution in [0, 0.1) is 17.3 Å². The lowest BCUT2D eigenvalue weighted by Crippen LogP contribution is -2.33. The summed E-state index contributed by atoms with van der Waals surface area (Å²) in [7, 11) is 1.78. The maximum Gasteiger partial charge on any atom is 0.109 e. The molecule has 0 amide bonds. The molecule has 1 heterocycles. The quantitative estimate of drug-likeness (QED) is 0.767. The number of rotatable bonds is 4. The Morgan fingerprint density at radius 1 is 1.11 bits per heavy atom. The second kappa shape index (κ2) is 6.85. The fourth-order valence-electron chi connectivity index (χ4n) is 2.98. The number of likely N-dealkylation sites (tertiary alicyclic amines) is 1. The van der Waals surface area contributed by atoms with Gasteiger partial charge in [-0.05, 0) is 12.8 Å². The third-order valence-electron chi connectivity index (χ3n) is 4.13. The molecule has 0 N–H and O–H groups in total. The van der Waals surface area contributed by atoms with Gasteiger partial charge in [0.05, 0.1) is 6.61 Å². The molecule has 1 aliphatic heterocycles. The second-order valence-electron chi connectivity index (χ2n) is 5.40.